The molecule has 0 heterocycles. The molecule has 0 aliphatic heterocycles. The van der Waals surface area contributed by atoms with Gasteiger partial charge in [0.2, 0.25) is 11.8 Å². The lowest BCUT2D eigenvalue weighted by Crippen LogP contribution is -2.34. The van der Waals surface area contributed by atoms with Crippen LogP contribution in [0.15, 0.2) is 24.3 Å². The van der Waals surface area contributed by atoms with Crippen molar-refractivity contribution in [2.75, 3.05) is 11.9 Å². The van der Waals surface area contributed by atoms with Crippen LogP contribution in [0.5, 0.6) is 0 Å². The van der Waals surface area contributed by atoms with Crippen molar-refractivity contribution < 1.29 is 9.59 Å². The number of carbonyl (C=O) groups excluding carboxylic acids is 2. The topological polar surface area (TPSA) is 84.2 Å². The summed E-state index contributed by atoms with van der Waals surface area (Å²) in [6, 6.07) is 7.48. The molecule has 4 N–H and O–H groups in total. The van der Waals surface area contributed by atoms with E-state index in [9.17, 15) is 9.59 Å². The van der Waals surface area contributed by atoms with E-state index in [1.165, 1.54) is 6.92 Å². The molecule has 0 spiro atoms. The molecule has 2 amide bonds. The standard InChI is InChI=1S/C16H23N3O2/c1-11(20)19-14-7-5-12(6-8-14)10-18-16(21)15-4-2-3-13(15)9-17/h5-8,13,15H,2-4,9-10,17H2,1H3,(H,18,21)(H,19,20). The van der Waals surface area contributed by atoms with Crippen LogP contribution in [0.1, 0.15) is 31.7 Å². The third-order valence-electron chi connectivity index (χ3n) is 4.04. The fraction of sp³-hybridized carbons (Fsp3) is 0.500. The Hall–Kier alpha value is -1.88. The first-order valence-electron chi connectivity index (χ1n) is 7.44. The number of nitrogens with two attached hydrogens (primary N) is 1. The van der Waals surface area contributed by atoms with E-state index in [1.54, 1.807) is 0 Å². The highest BCUT2D eigenvalue weighted by atomic mass is 16.2. The van der Waals surface area contributed by atoms with E-state index in [1.807, 2.05) is 24.3 Å². The van der Waals surface area contributed by atoms with Crippen LogP contribution in [-0.4, -0.2) is 18.4 Å². The van der Waals surface area contributed by atoms with Crippen LogP contribution in [0.4, 0.5) is 5.69 Å². The van der Waals surface area contributed by atoms with Crippen molar-refractivity contribution in [3.8, 4) is 0 Å². The average Bonchev–Trinajstić information content (AvgIpc) is 2.94. The summed E-state index contributed by atoms with van der Waals surface area (Å²) in [7, 11) is 0. The van der Waals surface area contributed by atoms with Crippen LogP contribution in [-0.2, 0) is 16.1 Å². The number of rotatable bonds is 5. The van der Waals surface area contributed by atoms with Crippen LogP contribution < -0.4 is 16.4 Å². The first-order valence-corrected chi connectivity index (χ1v) is 7.44. The number of nitrogens with one attached hydrogen (secondary N) is 2. The maximum atomic E-state index is 12.2. The summed E-state index contributed by atoms with van der Waals surface area (Å²) in [5, 5.41) is 5.70. The van der Waals surface area contributed by atoms with Crippen LogP contribution >= 0.6 is 0 Å². The molecule has 21 heavy (non-hydrogen) atoms. The lowest BCUT2D eigenvalue weighted by Gasteiger charge is -2.17. The molecule has 2 unspecified atom stereocenters. The molecule has 2 atom stereocenters. The Bertz CT molecular complexity index is 499. The van der Waals surface area contributed by atoms with Gasteiger partial charge in [-0.3, -0.25) is 9.59 Å². The molecular formula is C16H23N3O2. The molecule has 1 aromatic carbocycles. The van der Waals surface area contributed by atoms with E-state index in [4.69, 9.17) is 5.73 Å². The minimum absolute atomic E-state index is 0.0636. The lowest BCUT2D eigenvalue weighted by atomic mass is 9.95. The molecule has 5 heteroatoms. The SMILES string of the molecule is CC(=O)Nc1ccc(CNC(=O)C2CCCC2CN)cc1. The molecule has 1 aromatic rings. The Balaban J connectivity index is 1.85. The van der Waals surface area contributed by atoms with E-state index < -0.39 is 0 Å². The van der Waals surface area contributed by atoms with Crippen molar-refractivity contribution in [3.05, 3.63) is 29.8 Å². The van der Waals surface area contributed by atoms with E-state index in [2.05, 4.69) is 10.6 Å². The number of anilines is 1. The van der Waals surface area contributed by atoms with Crippen LogP contribution in [0.25, 0.3) is 0 Å². The van der Waals surface area contributed by atoms with Gasteiger partial charge in [-0.2, -0.15) is 0 Å². The molecule has 1 fully saturated rings. The summed E-state index contributed by atoms with van der Waals surface area (Å²) in [4.78, 5) is 23.1. The summed E-state index contributed by atoms with van der Waals surface area (Å²) in [5.74, 6) is 0.403. The maximum Gasteiger partial charge on any atom is 0.223 e. The Kier molecular flexibility index (Phi) is 5.33. The highest BCUT2D eigenvalue weighted by Gasteiger charge is 2.31. The van der Waals surface area contributed by atoms with Crippen molar-refractivity contribution in [2.45, 2.75) is 32.7 Å². The van der Waals surface area contributed by atoms with Gasteiger partial charge >= 0.3 is 0 Å². The second-order valence-corrected chi connectivity index (χ2v) is 5.63. The van der Waals surface area contributed by atoms with Gasteiger partial charge in [-0.15, -0.1) is 0 Å². The van der Waals surface area contributed by atoms with Crippen molar-refractivity contribution in [1.29, 1.82) is 0 Å². The summed E-state index contributed by atoms with van der Waals surface area (Å²) < 4.78 is 0. The van der Waals surface area contributed by atoms with Crippen LogP contribution in [0.2, 0.25) is 0 Å². The van der Waals surface area contributed by atoms with Gasteiger partial charge < -0.3 is 16.4 Å². The molecule has 114 valence electrons. The van der Waals surface area contributed by atoms with Gasteiger partial charge in [-0.05, 0) is 43.0 Å². The van der Waals surface area contributed by atoms with Gasteiger partial charge in [0.15, 0.2) is 0 Å². The highest BCUT2D eigenvalue weighted by molar-refractivity contribution is 5.88. The largest absolute Gasteiger partial charge is 0.352 e. The molecule has 0 bridgehead atoms. The second-order valence-electron chi connectivity index (χ2n) is 5.63. The van der Waals surface area contributed by atoms with Gasteiger partial charge in [-0.1, -0.05) is 18.6 Å². The van der Waals surface area contributed by atoms with Crippen molar-refractivity contribution in [2.24, 2.45) is 17.6 Å². The molecule has 5 nitrogen and oxygen atoms in total. The smallest absolute Gasteiger partial charge is 0.223 e. The quantitative estimate of drug-likeness (QED) is 0.770. The number of amides is 2. The predicted molar refractivity (Wildman–Crippen MR) is 82.5 cm³/mol. The zero-order valence-corrected chi connectivity index (χ0v) is 12.4. The minimum atomic E-state index is -0.0925. The van der Waals surface area contributed by atoms with Crippen molar-refractivity contribution in [1.82, 2.24) is 5.32 Å². The summed E-state index contributed by atoms with van der Waals surface area (Å²) in [6.45, 7) is 2.57. The summed E-state index contributed by atoms with van der Waals surface area (Å²) in [5.41, 5.74) is 7.49. The number of hydrogen-bond acceptors (Lipinski definition) is 3. The van der Waals surface area contributed by atoms with Gasteiger partial charge in [0.1, 0.15) is 0 Å². The van der Waals surface area contributed by atoms with E-state index in [0.717, 1.165) is 30.5 Å². The van der Waals surface area contributed by atoms with E-state index in [-0.39, 0.29) is 17.7 Å². The van der Waals surface area contributed by atoms with Crippen LogP contribution in [0, 0.1) is 11.8 Å². The number of carbonyl (C=O) groups is 2. The van der Waals surface area contributed by atoms with Gasteiger partial charge in [-0.25, -0.2) is 0 Å². The summed E-state index contributed by atoms with van der Waals surface area (Å²) >= 11 is 0. The first-order chi connectivity index (χ1) is 10.1. The fourth-order valence-electron chi connectivity index (χ4n) is 2.89. The van der Waals surface area contributed by atoms with Gasteiger partial charge in [0.25, 0.3) is 0 Å². The van der Waals surface area contributed by atoms with Gasteiger partial charge in [0, 0.05) is 25.1 Å². The Morgan fingerprint density at radius 1 is 1.24 bits per heavy atom. The zero-order chi connectivity index (χ0) is 15.2. The average molecular weight is 289 g/mol. The lowest BCUT2D eigenvalue weighted by molar-refractivity contribution is -0.126. The fourth-order valence-corrected chi connectivity index (χ4v) is 2.89. The van der Waals surface area contributed by atoms with Crippen molar-refractivity contribution >= 4 is 17.5 Å². The Morgan fingerprint density at radius 3 is 2.57 bits per heavy atom. The van der Waals surface area contributed by atoms with Crippen LogP contribution in [0.3, 0.4) is 0 Å². The van der Waals surface area contributed by atoms with Gasteiger partial charge in [0.05, 0.1) is 0 Å². The van der Waals surface area contributed by atoms with E-state index >= 15 is 0 Å². The molecule has 1 aliphatic rings. The molecule has 1 saturated carbocycles. The molecule has 0 saturated heterocycles. The monoisotopic (exact) mass is 289 g/mol. The third kappa shape index (κ3) is 4.29. The van der Waals surface area contributed by atoms with Crippen molar-refractivity contribution in [3.63, 3.8) is 0 Å². The maximum absolute atomic E-state index is 12.2. The minimum Gasteiger partial charge on any atom is -0.352 e. The molecule has 0 aromatic heterocycles. The Labute approximate surface area is 125 Å². The normalized spacial score (nSPS) is 21.0. The molecule has 2 rings (SSSR count). The molecule has 0 radical (unpaired) electrons. The second kappa shape index (κ2) is 7.22. The Morgan fingerprint density at radius 2 is 1.95 bits per heavy atom. The number of benzene rings is 1. The predicted octanol–water partition coefficient (Wildman–Crippen LogP) is 1.64. The molecule has 1 aliphatic carbocycles. The van der Waals surface area contributed by atoms with E-state index in [0.29, 0.717) is 19.0 Å². The number of hydrogen-bond donors (Lipinski definition) is 3. The summed E-state index contributed by atoms with van der Waals surface area (Å²) in [6.07, 6.45) is 3.08. The first kappa shape index (κ1) is 15.5. The molecular weight excluding hydrogens is 266 g/mol. The highest BCUT2D eigenvalue weighted by Crippen LogP contribution is 2.30. The third-order valence-corrected chi connectivity index (χ3v) is 4.04. The zero-order valence-electron chi connectivity index (χ0n) is 12.4.